The van der Waals surface area contributed by atoms with E-state index in [9.17, 15) is 0 Å². The van der Waals surface area contributed by atoms with Gasteiger partial charge >= 0.3 is 0 Å². The molecule has 2 nitrogen and oxygen atoms in total. The molecule has 4 heteroatoms. The molecule has 0 saturated heterocycles. The van der Waals surface area contributed by atoms with Crippen LogP contribution in [0.1, 0.15) is 12.7 Å². The van der Waals surface area contributed by atoms with Crippen LogP contribution in [0.3, 0.4) is 0 Å². The zero-order valence-electron chi connectivity index (χ0n) is 6.58. The second-order valence-electron chi connectivity index (χ2n) is 2.83. The molecule has 2 rings (SSSR count). The van der Waals surface area contributed by atoms with Crippen molar-refractivity contribution in [3.8, 4) is 0 Å². The first kappa shape index (κ1) is 8.62. The lowest BCUT2D eigenvalue weighted by molar-refractivity contribution is 0.559. The summed E-state index contributed by atoms with van der Waals surface area (Å²) in [5.74, 6) is 1.92. The van der Waals surface area contributed by atoms with Crippen molar-refractivity contribution < 1.29 is 4.42 Å². The minimum atomic E-state index is 0.0462. The van der Waals surface area contributed by atoms with Crippen LogP contribution in [0.5, 0.6) is 0 Å². The molecule has 0 aliphatic carbocycles. The Labute approximate surface area is 89.0 Å². The number of alkyl halides is 1. The summed E-state index contributed by atoms with van der Waals surface area (Å²) < 4.78 is 5.30. The smallest absolute Gasteiger partial charge is 0.158 e. The molecule has 1 aromatic rings. The Morgan fingerprint density at radius 2 is 2.58 bits per heavy atom. The van der Waals surface area contributed by atoms with Crippen molar-refractivity contribution in [1.82, 2.24) is 0 Å². The zero-order chi connectivity index (χ0) is 8.60. The number of rotatable bonds is 1. The van der Waals surface area contributed by atoms with Crippen LogP contribution in [-0.2, 0) is 0 Å². The summed E-state index contributed by atoms with van der Waals surface area (Å²) in [5, 5.41) is 1.02. The van der Waals surface area contributed by atoms with Crippen LogP contribution in [0.4, 0.5) is 0 Å². The van der Waals surface area contributed by atoms with Gasteiger partial charge < -0.3 is 4.42 Å². The van der Waals surface area contributed by atoms with E-state index in [2.05, 4.69) is 34.5 Å². The summed E-state index contributed by atoms with van der Waals surface area (Å²) in [7, 11) is 0. The van der Waals surface area contributed by atoms with Crippen molar-refractivity contribution in [1.29, 1.82) is 0 Å². The molecule has 1 aromatic heterocycles. The number of furan rings is 1. The lowest BCUT2D eigenvalue weighted by Crippen LogP contribution is -2.09. The maximum Gasteiger partial charge on any atom is 0.158 e. The highest BCUT2D eigenvalue weighted by Crippen LogP contribution is 2.35. The highest BCUT2D eigenvalue weighted by molar-refractivity contribution is 14.1. The van der Waals surface area contributed by atoms with Crippen LogP contribution in [0.15, 0.2) is 27.8 Å². The van der Waals surface area contributed by atoms with Gasteiger partial charge in [-0.3, -0.25) is 4.99 Å². The Kier molecular flexibility index (Phi) is 2.20. The average molecular weight is 293 g/mol. The van der Waals surface area contributed by atoms with Crippen molar-refractivity contribution in [3.63, 3.8) is 0 Å². The van der Waals surface area contributed by atoms with E-state index in [1.165, 1.54) is 0 Å². The molecule has 0 fully saturated rings. The molecule has 1 unspecified atom stereocenters. The summed E-state index contributed by atoms with van der Waals surface area (Å²) in [6.45, 7) is 2.12. The van der Waals surface area contributed by atoms with Gasteiger partial charge in [0.1, 0.15) is 8.59 Å². The molecule has 0 aromatic carbocycles. The lowest BCUT2D eigenvalue weighted by atomic mass is 10.4. The number of aliphatic imine (C=N–C) groups is 1. The predicted octanol–water partition coefficient (Wildman–Crippen LogP) is 2.92. The van der Waals surface area contributed by atoms with Crippen molar-refractivity contribution in [2.24, 2.45) is 4.99 Å². The van der Waals surface area contributed by atoms with Gasteiger partial charge in [-0.15, -0.1) is 0 Å². The van der Waals surface area contributed by atoms with Gasteiger partial charge in [0, 0.05) is 5.75 Å². The highest BCUT2D eigenvalue weighted by atomic mass is 127. The molecule has 0 radical (unpaired) electrons. The highest BCUT2D eigenvalue weighted by Gasteiger charge is 2.28. The molecule has 1 aliphatic rings. The van der Waals surface area contributed by atoms with E-state index < -0.39 is 0 Å². The van der Waals surface area contributed by atoms with Gasteiger partial charge in [0.05, 0.1) is 6.26 Å². The Bertz CT molecular complexity index is 305. The Morgan fingerprint density at radius 3 is 3.08 bits per heavy atom. The maximum absolute atomic E-state index is 5.26. The number of nitrogens with zero attached hydrogens (tertiary/aromatic N) is 1. The van der Waals surface area contributed by atoms with Gasteiger partial charge in [0.2, 0.25) is 0 Å². The van der Waals surface area contributed by atoms with Crippen LogP contribution in [0.2, 0.25) is 0 Å². The first-order valence-electron chi connectivity index (χ1n) is 3.63. The van der Waals surface area contributed by atoms with E-state index in [0.29, 0.717) is 0 Å². The summed E-state index contributed by atoms with van der Waals surface area (Å²) in [5.41, 5.74) is 0. The van der Waals surface area contributed by atoms with Crippen LogP contribution < -0.4 is 0 Å². The fourth-order valence-corrected chi connectivity index (χ4v) is 2.86. The third-order valence-electron chi connectivity index (χ3n) is 1.54. The molecule has 1 atom stereocenters. The number of hydrogen-bond donors (Lipinski definition) is 0. The minimum Gasteiger partial charge on any atom is -0.462 e. The average Bonchev–Trinajstić information content (AvgIpc) is 2.55. The third kappa shape index (κ3) is 1.69. The van der Waals surface area contributed by atoms with Crippen LogP contribution in [0, 0.1) is 0 Å². The fourth-order valence-electron chi connectivity index (χ4n) is 1.00. The van der Waals surface area contributed by atoms with Gasteiger partial charge in [0.15, 0.2) is 5.76 Å². The molecule has 0 N–H and O–H groups in total. The molecule has 12 heavy (non-hydrogen) atoms. The first-order valence-corrected chi connectivity index (χ1v) is 5.69. The van der Waals surface area contributed by atoms with Gasteiger partial charge in [-0.1, -0.05) is 34.4 Å². The molecule has 2 heterocycles. The van der Waals surface area contributed by atoms with Crippen molar-refractivity contribution in [2.45, 2.75) is 10.5 Å². The number of hydrogen-bond acceptors (Lipinski definition) is 3. The topological polar surface area (TPSA) is 25.5 Å². The first-order chi connectivity index (χ1) is 5.67. The van der Waals surface area contributed by atoms with Gasteiger partial charge in [-0.2, -0.15) is 0 Å². The van der Waals surface area contributed by atoms with E-state index in [1.807, 2.05) is 12.1 Å². The minimum absolute atomic E-state index is 0.0462. The van der Waals surface area contributed by atoms with E-state index >= 15 is 0 Å². The quantitative estimate of drug-likeness (QED) is 0.452. The Hall–Kier alpha value is 0.0300. The second kappa shape index (κ2) is 3.06. The van der Waals surface area contributed by atoms with Gasteiger partial charge in [0.25, 0.3) is 0 Å². The molecule has 0 saturated carbocycles. The number of thioether (sulfide) groups is 1. The zero-order valence-corrected chi connectivity index (χ0v) is 9.55. The van der Waals surface area contributed by atoms with Crippen LogP contribution in [-0.4, -0.2) is 14.3 Å². The van der Waals surface area contributed by atoms with Crippen molar-refractivity contribution >= 4 is 39.4 Å². The summed E-state index contributed by atoms with van der Waals surface area (Å²) in [6, 6.07) is 3.84. The SMILES string of the molecule is CC1(I)CSC(c2ccco2)=N1. The van der Waals surface area contributed by atoms with E-state index in [4.69, 9.17) is 4.42 Å². The van der Waals surface area contributed by atoms with E-state index in [0.717, 1.165) is 16.6 Å². The molecule has 64 valence electrons. The van der Waals surface area contributed by atoms with Crippen molar-refractivity contribution in [2.75, 3.05) is 5.75 Å². The fraction of sp³-hybridized carbons (Fsp3) is 0.375. The van der Waals surface area contributed by atoms with Crippen LogP contribution >= 0.6 is 34.4 Å². The summed E-state index contributed by atoms with van der Waals surface area (Å²) in [4.78, 5) is 4.54. The third-order valence-corrected chi connectivity index (χ3v) is 3.95. The maximum atomic E-state index is 5.26. The largest absolute Gasteiger partial charge is 0.462 e. The molecular weight excluding hydrogens is 285 g/mol. The molecular formula is C8H8INOS. The van der Waals surface area contributed by atoms with E-state index in [-0.39, 0.29) is 3.55 Å². The number of halogens is 1. The van der Waals surface area contributed by atoms with Gasteiger partial charge in [-0.25, -0.2) is 0 Å². The molecule has 0 spiro atoms. The summed E-state index contributed by atoms with van der Waals surface area (Å²) in [6.07, 6.45) is 1.68. The Morgan fingerprint density at radius 1 is 1.75 bits per heavy atom. The second-order valence-corrected chi connectivity index (χ2v) is 6.11. The van der Waals surface area contributed by atoms with Gasteiger partial charge in [-0.05, 0) is 19.1 Å². The van der Waals surface area contributed by atoms with Crippen LogP contribution in [0.25, 0.3) is 0 Å². The molecule has 0 bridgehead atoms. The van der Waals surface area contributed by atoms with E-state index in [1.54, 1.807) is 18.0 Å². The normalized spacial score (nSPS) is 29.0. The molecule has 0 amide bonds. The van der Waals surface area contributed by atoms with Crippen molar-refractivity contribution in [3.05, 3.63) is 24.2 Å². The standard InChI is InChI=1S/C8H8INOS/c1-8(9)5-12-7(10-8)6-3-2-4-11-6/h2-4H,5H2,1H3. The lowest BCUT2D eigenvalue weighted by Gasteiger charge is -2.06. The predicted molar refractivity (Wildman–Crippen MR) is 60.1 cm³/mol. The monoisotopic (exact) mass is 293 g/mol. The molecule has 1 aliphatic heterocycles. The Balaban J connectivity index is 2.28. The summed E-state index contributed by atoms with van der Waals surface area (Å²) >= 11 is 4.11.